The minimum atomic E-state index is -0.579. The van der Waals surface area contributed by atoms with Gasteiger partial charge in [-0.25, -0.2) is 0 Å². The predicted octanol–water partition coefficient (Wildman–Crippen LogP) is 2.18. The lowest BCUT2D eigenvalue weighted by Gasteiger charge is -2.19. The first kappa shape index (κ1) is 15.6. The molecule has 1 aromatic carbocycles. The Hall–Kier alpha value is -1.75. The number of amides is 1. The van der Waals surface area contributed by atoms with E-state index in [9.17, 15) is 9.90 Å². The van der Waals surface area contributed by atoms with E-state index in [1.165, 1.54) is 0 Å². The first-order chi connectivity index (χ1) is 10.0. The van der Waals surface area contributed by atoms with E-state index in [2.05, 4.69) is 5.32 Å². The highest BCUT2D eigenvalue weighted by molar-refractivity contribution is 5.81. The monoisotopic (exact) mass is 293 g/mol. The predicted molar refractivity (Wildman–Crippen MR) is 79.5 cm³/mol. The van der Waals surface area contributed by atoms with Gasteiger partial charge >= 0.3 is 0 Å². The van der Waals surface area contributed by atoms with Crippen LogP contribution in [0.4, 0.5) is 0 Å². The number of carbonyl (C=O) groups excluding carboxylic acids is 1. The first-order valence-corrected chi connectivity index (χ1v) is 7.47. The molecule has 0 radical (unpaired) electrons. The van der Waals surface area contributed by atoms with Gasteiger partial charge in [0, 0.05) is 17.7 Å². The fourth-order valence-corrected chi connectivity index (χ4v) is 2.32. The van der Waals surface area contributed by atoms with Crippen LogP contribution < -0.4 is 14.8 Å². The van der Waals surface area contributed by atoms with Crippen molar-refractivity contribution in [1.29, 1.82) is 0 Å². The molecular weight excluding hydrogens is 270 g/mol. The maximum Gasteiger partial charge on any atom is 0.260 e. The van der Waals surface area contributed by atoms with E-state index in [0.29, 0.717) is 11.5 Å². The molecule has 1 aliphatic rings. The normalized spacial score (nSPS) is 18.0. The van der Waals surface area contributed by atoms with Crippen molar-refractivity contribution in [2.75, 3.05) is 6.61 Å². The van der Waals surface area contributed by atoms with E-state index in [1.807, 2.05) is 13.8 Å². The Morgan fingerprint density at radius 2 is 2.19 bits per heavy atom. The maximum absolute atomic E-state index is 12.1. The number of nitrogens with one attached hydrogen (secondary N) is 1. The molecule has 0 aliphatic carbocycles. The number of benzene rings is 1. The van der Waals surface area contributed by atoms with Gasteiger partial charge in [-0.05, 0) is 31.9 Å². The molecule has 2 atom stereocenters. The average molecular weight is 293 g/mol. The van der Waals surface area contributed by atoms with E-state index >= 15 is 0 Å². The number of rotatable bonds is 6. The van der Waals surface area contributed by atoms with Gasteiger partial charge in [0.15, 0.2) is 6.10 Å². The van der Waals surface area contributed by atoms with Crippen LogP contribution in [0.5, 0.6) is 11.5 Å². The molecule has 0 bridgehead atoms. The molecule has 2 N–H and O–H groups in total. The van der Waals surface area contributed by atoms with Crippen molar-refractivity contribution in [3.8, 4) is 11.5 Å². The Morgan fingerprint density at radius 1 is 1.48 bits per heavy atom. The Balaban J connectivity index is 1.96. The molecular formula is C16H23NO4. The fourth-order valence-electron chi connectivity index (χ4n) is 2.32. The van der Waals surface area contributed by atoms with Gasteiger partial charge in [-0.2, -0.15) is 0 Å². The van der Waals surface area contributed by atoms with Crippen molar-refractivity contribution in [1.82, 2.24) is 5.32 Å². The van der Waals surface area contributed by atoms with Gasteiger partial charge < -0.3 is 19.9 Å². The molecule has 0 fully saturated rings. The number of aliphatic hydroxyl groups is 1. The summed E-state index contributed by atoms with van der Waals surface area (Å²) in [6.45, 7) is 6.08. The van der Waals surface area contributed by atoms with Gasteiger partial charge in [-0.15, -0.1) is 0 Å². The average Bonchev–Trinajstić information content (AvgIpc) is 2.85. The Bertz CT molecular complexity index is 499. The van der Waals surface area contributed by atoms with Crippen molar-refractivity contribution >= 4 is 5.91 Å². The van der Waals surface area contributed by atoms with Crippen LogP contribution >= 0.6 is 0 Å². The summed E-state index contributed by atoms with van der Waals surface area (Å²) in [4.78, 5) is 12.1. The lowest BCUT2D eigenvalue weighted by Crippen LogP contribution is -2.42. The molecule has 2 unspecified atom stereocenters. The van der Waals surface area contributed by atoms with Gasteiger partial charge in [-0.3, -0.25) is 4.79 Å². The van der Waals surface area contributed by atoms with E-state index in [4.69, 9.17) is 9.47 Å². The van der Waals surface area contributed by atoms with Crippen LogP contribution in [0, 0.1) is 0 Å². The first-order valence-electron chi connectivity index (χ1n) is 7.47. The summed E-state index contributed by atoms with van der Waals surface area (Å²) < 4.78 is 11.0. The standard InChI is InChI=1S/C16H23NO4/c1-4-11(5-2)17-16(19)10(3)21-12-6-7-13-14(18)9-20-15(13)8-12/h6-8,10-11,14,18H,4-5,9H2,1-3H3,(H,17,19). The Kier molecular flexibility index (Phi) is 5.07. The Morgan fingerprint density at radius 3 is 2.86 bits per heavy atom. The number of hydrogen-bond acceptors (Lipinski definition) is 4. The SMILES string of the molecule is CCC(CC)NC(=O)C(C)Oc1ccc2c(c1)OCC2O. The highest BCUT2D eigenvalue weighted by Crippen LogP contribution is 2.35. The van der Waals surface area contributed by atoms with Crippen molar-refractivity contribution < 1.29 is 19.4 Å². The molecule has 5 heteroatoms. The number of fused-ring (bicyclic) bond motifs is 1. The van der Waals surface area contributed by atoms with Crippen LogP contribution in [0.3, 0.4) is 0 Å². The fraction of sp³-hybridized carbons (Fsp3) is 0.562. The molecule has 0 spiro atoms. The smallest absolute Gasteiger partial charge is 0.260 e. The maximum atomic E-state index is 12.1. The van der Waals surface area contributed by atoms with Gasteiger partial charge in [0.2, 0.25) is 0 Å². The topological polar surface area (TPSA) is 67.8 Å². The highest BCUT2D eigenvalue weighted by atomic mass is 16.5. The van der Waals surface area contributed by atoms with Gasteiger partial charge in [0.25, 0.3) is 5.91 Å². The lowest BCUT2D eigenvalue weighted by atomic mass is 10.1. The molecule has 0 saturated carbocycles. The molecule has 116 valence electrons. The summed E-state index contributed by atoms with van der Waals surface area (Å²) in [5.74, 6) is 1.06. The summed E-state index contributed by atoms with van der Waals surface area (Å²) in [7, 11) is 0. The largest absolute Gasteiger partial charge is 0.490 e. The number of carbonyl (C=O) groups is 1. The molecule has 0 saturated heterocycles. The van der Waals surface area contributed by atoms with Gasteiger partial charge in [0.1, 0.15) is 24.2 Å². The molecule has 1 amide bonds. The minimum Gasteiger partial charge on any atom is -0.490 e. The third-order valence-corrected chi connectivity index (χ3v) is 3.75. The summed E-state index contributed by atoms with van der Waals surface area (Å²) in [6, 6.07) is 5.42. The second-order valence-corrected chi connectivity index (χ2v) is 5.31. The molecule has 21 heavy (non-hydrogen) atoms. The lowest BCUT2D eigenvalue weighted by molar-refractivity contribution is -0.128. The van der Waals surface area contributed by atoms with E-state index in [-0.39, 0.29) is 18.6 Å². The quantitative estimate of drug-likeness (QED) is 0.843. The highest BCUT2D eigenvalue weighted by Gasteiger charge is 2.23. The van der Waals surface area contributed by atoms with Crippen LogP contribution in [0.15, 0.2) is 18.2 Å². The second-order valence-electron chi connectivity index (χ2n) is 5.31. The molecule has 1 aliphatic heterocycles. The van der Waals surface area contributed by atoms with Gasteiger partial charge in [-0.1, -0.05) is 13.8 Å². The van der Waals surface area contributed by atoms with E-state index < -0.39 is 12.2 Å². The summed E-state index contributed by atoms with van der Waals surface area (Å²) in [6.07, 6.45) is 0.651. The zero-order valence-electron chi connectivity index (χ0n) is 12.8. The van der Waals surface area contributed by atoms with E-state index in [0.717, 1.165) is 18.4 Å². The van der Waals surface area contributed by atoms with Crippen LogP contribution in [-0.2, 0) is 4.79 Å². The van der Waals surface area contributed by atoms with Crippen molar-refractivity contribution in [3.63, 3.8) is 0 Å². The minimum absolute atomic E-state index is 0.120. The van der Waals surface area contributed by atoms with Crippen molar-refractivity contribution in [2.45, 2.75) is 51.9 Å². The zero-order valence-corrected chi connectivity index (χ0v) is 12.8. The molecule has 1 heterocycles. The van der Waals surface area contributed by atoms with Crippen LogP contribution in [-0.4, -0.2) is 29.8 Å². The number of hydrogen-bond donors (Lipinski definition) is 2. The van der Waals surface area contributed by atoms with Crippen molar-refractivity contribution in [2.24, 2.45) is 0 Å². The molecule has 1 aromatic rings. The van der Waals surface area contributed by atoms with Crippen LogP contribution in [0.2, 0.25) is 0 Å². The number of ether oxygens (including phenoxy) is 2. The molecule has 5 nitrogen and oxygen atoms in total. The van der Waals surface area contributed by atoms with Gasteiger partial charge in [0.05, 0.1) is 0 Å². The third-order valence-electron chi connectivity index (χ3n) is 3.75. The third kappa shape index (κ3) is 3.67. The summed E-state index contributed by atoms with van der Waals surface area (Å²) in [5.41, 5.74) is 0.761. The Labute approximate surface area is 125 Å². The van der Waals surface area contributed by atoms with Crippen LogP contribution in [0.1, 0.15) is 45.3 Å². The second kappa shape index (κ2) is 6.80. The molecule has 2 rings (SSSR count). The zero-order chi connectivity index (χ0) is 15.4. The molecule has 0 aromatic heterocycles. The van der Waals surface area contributed by atoms with Crippen LogP contribution in [0.25, 0.3) is 0 Å². The summed E-state index contributed by atoms with van der Waals surface area (Å²) >= 11 is 0. The summed E-state index contributed by atoms with van der Waals surface area (Å²) in [5, 5.41) is 12.6. The van der Waals surface area contributed by atoms with Crippen molar-refractivity contribution in [3.05, 3.63) is 23.8 Å². The van der Waals surface area contributed by atoms with E-state index in [1.54, 1.807) is 25.1 Å². The number of aliphatic hydroxyl groups excluding tert-OH is 1.